The van der Waals surface area contributed by atoms with Crippen LogP contribution in [0.2, 0.25) is 0 Å². The summed E-state index contributed by atoms with van der Waals surface area (Å²) in [6, 6.07) is 9.02. The van der Waals surface area contributed by atoms with Crippen LogP contribution in [0.5, 0.6) is 11.5 Å². The fourth-order valence-electron chi connectivity index (χ4n) is 3.37. The third-order valence-corrected chi connectivity index (χ3v) is 4.70. The Balaban J connectivity index is 1.86. The summed E-state index contributed by atoms with van der Waals surface area (Å²) in [4.78, 5) is 33.3. The predicted octanol–water partition coefficient (Wildman–Crippen LogP) is 4.99. The number of nitro benzene ring substituents is 1. The topological polar surface area (TPSA) is 142 Å². The Bertz CT molecular complexity index is 1270. The molecule has 0 unspecified atom stereocenters. The number of nitrogens with zero attached hydrogens (tertiary/aromatic N) is 4. The minimum Gasteiger partial charge on any atom is -0.457 e. The van der Waals surface area contributed by atoms with Crippen molar-refractivity contribution in [2.45, 2.75) is 33.7 Å². The summed E-state index contributed by atoms with van der Waals surface area (Å²) in [7, 11) is 0. The van der Waals surface area contributed by atoms with Gasteiger partial charge in [-0.3, -0.25) is 29.7 Å². The second-order valence-electron chi connectivity index (χ2n) is 7.48. The predicted molar refractivity (Wildman–Crippen MR) is 116 cm³/mol. The molecule has 0 aliphatic heterocycles. The van der Waals surface area contributed by atoms with E-state index >= 15 is 0 Å². The summed E-state index contributed by atoms with van der Waals surface area (Å²) >= 11 is 0. The van der Waals surface area contributed by atoms with Gasteiger partial charge in [0.05, 0.1) is 21.6 Å². The molecule has 11 nitrogen and oxygen atoms in total. The van der Waals surface area contributed by atoms with Gasteiger partial charge in [-0.2, -0.15) is 5.10 Å². The first-order valence-corrected chi connectivity index (χ1v) is 9.80. The average molecular weight is 475 g/mol. The lowest BCUT2D eigenvalue weighted by Gasteiger charge is -2.11. The van der Waals surface area contributed by atoms with Crippen molar-refractivity contribution in [1.82, 2.24) is 9.78 Å². The molecule has 0 bridgehead atoms. The SMILES string of the molecule is Cc1cc(C)cc(Oc2cc(NC(=O)Cn3nc(C(F)F)c([N+](=O)[O-])c3C)cc([N+](=O)[O-])c2)c1. The second-order valence-corrected chi connectivity index (χ2v) is 7.48. The third kappa shape index (κ3) is 5.49. The van der Waals surface area contributed by atoms with E-state index in [1.165, 1.54) is 19.1 Å². The van der Waals surface area contributed by atoms with E-state index in [1.54, 1.807) is 12.1 Å². The van der Waals surface area contributed by atoms with Gasteiger partial charge in [0.15, 0.2) is 0 Å². The van der Waals surface area contributed by atoms with Gasteiger partial charge in [0.1, 0.15) is 23.7 Å². The number of rotatable bonds is 8. The zero-order chi connectivity index (χ0) is 25.2. The van der Waals surface area contributed by atoms with Gasteiger partial charge in [0.2, 0.25) is 11.6 Å². The van der Waals surface area contributed by atoms with Crippen molar-refractivity contribution in [3.05, 3.63) is 79.1 Å². The number of hydrogen-bond donors (Lipinski definition) is 1. The number of amides is 1. The van der Waals surface area contributed by atoms with Crippen molar-refractivity contribution in [3.63, 3.8) is 0 Å². The molecule has 178 valence electrons. The average Bonchev–Trinajstić information content (AvgIpc) is 3.03. The molecule has 0 saturated heterocycles. The molecule has 2 aromatic carbocycles. The van der Waals surface area contributed by atoms with Gasteiger partial charge < -0.3 is 10.1 Å². The minimum atomic E-state index is -3.20. The summed E-state index contributed by atoms with van der Waals surface area (Å²) in [5.41, 5.74) is -0.665. The number of carbonyl (C=O) groups excluding carboxylic acids is 1. The summed E-state index contributed by atoms with van der Waals surface area (Å²) in [5, 5.41) is 28.3. The minimum absolute atomic E-state index is 0.00645. The van der Waals surface area contributed by atoms with Gasteiger partial charge in [-0.1, -0.05) is 6.07 Å². The van der Waals surface area contributed by atoms with Gasteiger partial charge in [-0.05, 0) is 44.0 Å². The highest BCUT2D eigenvalue weighted by molar-refractivity contribution is 5.91. The summed E-state index contributed by atoms with van der Waals surface area (Å²) < 4.78 is 32.7. The molecule has 1 aromatic heterocycles. The van der Waals surface area contributed by atoms with Crippen LogP contribution >= 0.6 is 0 Å². The van der Waals surface area contributed by atoms with Gasteiger partial charge in [-0.15, -0.1) is 0 Å². The lowest BCUT2D eigenvalue weighted by Crippen LogP contribution is -2.20. The molecule has 0 aliphatic carbocycles. The number of carbonyl (C=O) groups is 1. The molecule has 3 aromatic rings. The molecule has 1 N–H and O–H groups in total. The molecule has 0 radical (unpaired) electrons. The first-order valence-electron chi connectivity index (χ1n) is 9.80. The summed E-state index contributed by atoms with van der Waals surface area (Å²) in [6.45, 7) is 4.28. The Morgan fingerprint density at radius 2 is 1.65 bits per heavy atom. The first kappa shape index (κ1) is 24.2. The van der Waals surface area contributed by atoms with Crippen LogP contribution in [0.3, 0.4) is 0 Å². The zero-order valence-electron chi connectivity index (χ0n) is 18.2. The third-order valence-electron chi connectivity index (χ3n) is 4.70. The molecule has 0 aliphatic rings. The highest BCUT2D eigenvalue weighted by atomic mass is 19.3. The number of nitro groups is 2. The smallest absolute Gasteiger partial charge is 0.319 e. The highest BCUT2D eigenvalue weighted by Gasteiger charge is 2.31. The van der Waals surface area contributed by atoms with Gasteiger partial charge in [-0.25, -0.2) is 8.78 Å². The molecule has 34 heavy (non-hydrogen) atoms. The maximum atomic E-state index is 13.1. The molecular formula is C21H19F2N5O6. The van der Waals surface area contributed by atoms with Crippen LogP contribution in [0.1, 0.15) is 28.9 Å². The van der Waals surface area contributed by atoms with Crippen LogP contribution in [0, 0.1) is 41.0 Å². The molecule has 0 atom stereocenters. The maximum Gasteiger partial charge on any atom is 0.319 e. The quantitative estimate of drug-likeness (QED) is 0.357. The van der Waals surface area contributed by atoms with Gasteiger partial charge in [0.25, 0.3) is 12.1 Å². The Kier molecular flexibility index (Phi) is 6.84. The van der Waals surface area contributed by atoms with E-state index in [1.807, 2.05) is 19.9 Å². The fraction of sp³-hybridized carbons (Fsp3) is 0.238. The van der Waals surface area contributed by atoms with Crippen LogP contribution in [-0.4, -0.2) is 25.5 Å². The van der Waals surface area contributed by atoms with E-state index in [4.69, 9.17) is 4.74 Å². The molecular weight excluding hydrogens is 456 g/mol. The zero-order valence-corrected chi connectivity index (χ0v) is 18.2. The molecule has 3 rings (SSSR count). The van der Waals surface area contributed by atoms with Crippen LogP contribution in [-0.2, 0) is 11.3 Å². The van der Waals surface area contributed by atoms with Gasteiger partial charge in [0, 0.05) is 12.1 Å². The van der Waals surface area contributed by atoms with Crippen molar-refractivity contribution in [2.24, 2.45) is 0 Å². The first-order chi connectivity index (χ1) is 15.9. The summed E-state index contributed by atoms with van der Waals surface area (Å²) in [5.74, 6) is -0.270. The van der Waals surface area contributed by atoms with E-state index in [-0.39, 0.29) is 22.8 Å². The number of aromatic nitrogens is 2. The number of alkyl halides is 2. The fourth-order valence-corrected chi connectivity index (χ4v) is 3.37. The number of ether oxygens (including phenoxy) is 1. The summed E-state index contributed by atoms with van der Waals surface area (Å²) in [6.07, 6.45) is -3.20. The molecule has 0 spiro atoms. The molecule has 13 heteroatoms. The maximum absolute atomic E-state index is 13.1. The molecule has 0 fully saturated rings. The number of aryl methyl sites for hydroxylation is 2. The largest absolute Gasteiger partial charge is 0.457 e. The van der Waals surface area contributed by atoms with Crippen LogP contribution in [0.25, 0.3) is 0 Å². The van der Waals surface area contributed by atoms with Crippen molar-refractivity contribution in [1.29, 1.82) is 0 Å². The monoisotopic (exact) mass is 475 g/mol. The van der Waals surface area contributed by atoms with Crippen molar-refractivity contribution in [3.8, 4) is 11.5 Å². The van der Waals surface area contributed by atoms with Crippen molar-refractivity contribution < 1.29 is 28.2 Å². The van der Waals surface area contributed by atoms with E-state index < -0.39 is 40.1 Å². The standard InChI is InChI=1S/C21H19F2N5O6/c1-11-4-12(2)6-16(5-11)34-17-8-14(7-15(9-17)27(30)31)24-18(29)10-26-13(3)20(28(32)33)19(25-26)21(22)23/h4-9,21H,10H2,1-3H3,(H,24,29). The van der Waals surface area contributed by atoms with Crippen LogP contribution in [0.4, 0.5) is 25.8 Å². The number of anilines is 1. The van der Waals surface area contributed by atoms with E-state index in [2.05, 4.69) is 10.4 Å². The lowest BCUT2D eigenvalue weighted by molar-refractivity contribution is -0.386. The van der Waals surface area contributed by atoms with E-state index in [0.717, 1.165) is 21.9 Å². The number of nitrogens with one attached hydrogen (secondary N) is 1. The lowest BCUT2D eigenvalue weighted by atomic mass is 10.1. The number of benzene rings is 2. The Morgan fingerprint density at radius 1 is 1.03 bits per heavy atom. The molecule has 0 saturated carbocycles. The number of hydrogen-bond acceptors (Lipinski definition) is 7. The molecule has 1 heterocycles. The van der Waals surface area contributed by atoms with E-state index in [0.29, 0.717) is 5.75 Å². The van der Waals surface area contributed by atoms with Crippen LogP contribution in [0.15, 0.2) is 36.4 Å². The Labute approximate surface area is 191 Å². The Morgan fingerprint density at radius 3 is 2.18 bits per heavy atom. The van der Waals surface area contributed by atoms with Crippen molar-refractivity contribution >= 4 is 23.0 Å². The van der Waals surface area contributed by atoms with Crippen LogP contribution < -0.4 is 10.1 Å². The number of non-ortho nitro benzene ring substituents is 1. The number of halogens is 2. The molecule has 1 amide bonds. The van der Waals surface area contributed by atoms with E-state index in [9.17, 15) is 33.8 Å². The Hall–Kier alpha value is -4.42. The highest BCUT2D eigenvalue weighted by Crippen LogP contribution is 2.32. The second kappa shape index (κ2) is 9.60. The van der Waals surface area contributed by atoms with Gasteiger partial charge >= 0.3 is 5.69 Å². The normalized spacial score (nSPS) is 10.9. The van der Waals surface area contributed by atoms with Crippen molar-refractivity contribution in [2.75, 3.05) is 5.32 Å².